The van der Waals surface area contributed by atoms with Crippen LogP contribution in [0.25, 0.3) is 0 Å². The molecule has 0 amide bonds. The minimum absolute atomic E-state index is 0.00556. The van der Waals surface area contributed by atoms with E-state index in [0.29, 0.717) is 17.8 Å². The third kappa shape index (κ3) is 1.83. The third-order valence-electron chi connectivity index (χ3n) is 5.06. The Kier molecular flexibility index (Phi) is 3.46. The Morgan fingerprint density at radius 2 is 1.56 bits per heavy atom. The highest BCUT2D eigenvalue weighted by atomic mass is 16.1. The Labute approximate surface area is 97.8 Å². The molecule has 2 aliphatic carbocycles. The van der Waals surface area contributed by atoms with Crippen LogP contribution in [0.4, 0.5) is 0 Å². The molecule has 6 unspecified atom stereocenters. The van der Waals surface area contributed by atoms with Gasteiger partial charge in [-0.15, -0.1) is 0 Å². The van der Waals surface area contributed by atoms with Crippen LogP contribution >= 0.6 is 0 Å². The normalized spacial score (nSPS) is 48.1. The zero-order valence-electron chi connectivity index (χ0n) is 10.3. The van der Waals surface area contributed by atoms with Gasteiger partial charge in [-0.1, -0.05) is 26.7 Å². The number of hydrogen-bond donors (Lipinski definition) is 0. The Morgan fingerprint density at radius 3 is 2.19 bits per heavy atom. The van der Waals surface area contributed by atoms with E-state index in [1.54, 1.807) is 0 Å². The Hall–Kier alpha value is -0.660. The number of fused-ring (bicyclic) bond motifs is 1. The molecule has 2 nitrogen and oxygen atoms in total. The molecular formula is C14H22O2. The maximum Gasteiger partial charge on any atom is 0.124 e. The lowest BCUT2D eigenvalue weighted by molar-refractivity contribution is -0.128. The molecule has 6 atom stereocenters. The van der Waals surface area contributed by atoms with Crippen molar-refractivity contribution in [2.45, 2.75) is 39.5 Å². The second-order valence-electron chi connectivity index (χ2n) is 5.86. The molecule has 0 bridgehead atoms. The standard InChI is InChI=1S/C14H22O2/c1-9-3-4-10(2)14-12(9)6-5-11(7-15)13(14)8-16/h7-14H,3-6H2,1-2H3. The van der Waals surface area contributed by atoms with Gasteiger partial charge in [-0.3, -0.25) is 0 Å². The summed E-state index contributed by atoms with van der Waals surface area (Å²) in [5.41, 5.74) is 0. The molecule has 0 aromatic carbocycles. The Bertz CT molecular complexity index is 274. The predicted molar refractivity (Wildman–Crippen MR) is 62.9 cm³/mol. The molecule has 2 fully saturated rings. The fourth-order valence-electron chi connectivity index (χ4n) is 4.09. The summed E-state index contributed by atoms with van der Waals surface area (Å²) in [6, 6.07) is 0. The van der Waals surface area contributed by atoms with Gasteiger partial charge in [-0.2, -0.15) is 0 Å². The van der Waals surface area contributed by atoms with E-state index in [4.69, 9.17) is 0 Å². The lowest BCUT2D eigenvalue weighted by Gasteiger charge is -2.48. The molecule has 0 radical (unpaired) electrons. The quantitative estimate of drug-likeness (QED) is 0.673. The monoisotopic (exact) mass is 222 g/mol. The minimum Gasteiger partial charge on any atom is -0.303 e. The van der Waals surface area contributed by atoms with Crippen LogP contribution in [0.5, 0.6) is 0 Å². The highest BCUT2D eigenvalue weighted by Crippen LogP contribution is 2.49. The lowest BCUT2D eigenvalue weighted by atomic mass is 9.56. The average Bonchev–Trinajstić information content (AvgIpc) is 2.32. The number of carbonyl (C=O) groups is 2. The first-order valence-electron chi connectivity index (χ1n) is 6.59. The van der Waals surface area contributed by atoms with Crippen molar-refractivity contribution in [2.75, 3.05) is 0 Å². The van der Waals surface area contributed by atoms with Gasteiger partial charge in [0.15, 0.2) is 0 Å². The third-order valence-corrected chi connectivity index (χ3v) is 5.06. The lowest BCUT2D eigenvalue weighted by Crippen LogP contribution is -2.44. The van der Waals surface area contributed by atoms with Crippen LogP contribution in [-0.2, 0) is 9.59 Å². The predicted octanol–water partition coefficient (Wildman–Crippen LogP) is 2.71. The second kappa shape index (κ2) is 4.68. The van der Waals surface area contributed by atoms with Crippen LogP contribution in [0.1, 0.15) is 39.5 Å². The zero-order chi connectivity index (χ0) is 11.7. The van der Waals surface area contributed by atoms with Crippen molar-refractivity contribution in [1.82, 2.24) is 0 Å². The van der Waals surface area contributed by atoms with E-state index in [9.17, 15) is 9.59 Å². The molecule has 0 aliphatic heterocycles. The van der Waals surface area contributed by atoms with Crippen LogP contribution in [-0.4, -0.2) is 12.6 Å². The minimum atomic E-state index is -0.00787. The Balaban J connectivity index is 2.23. The van der Waals surface area contributed by atoms with Crippen molar-refractivity contribution >= 4 is 12.6 Å². The van der Waals surface area contributed by atoms with Gasteiger partial charge in [0.25, 0.3) is 0 Å². The molecular weight excluding hydrogens is 200 g/mol. The van der Waals surface area contributed by atoms with Crippen molar-refractivity contribution in [3.05, 3.63) is 0 Å². The van der Waals surface area contributed by atoms with E-state index in [2.05, 4.69) is 13.8 Å². The van der Waals surface area contributed by atoms with Gasteiger partial charge in [0, 0.05) is 11.8 Å². The van der Waals surface area contributed by atoms with E-state index < -0.39 is 0 Å². The number of aldehydes is 2. The first-order valence-corrected chi connectivity index (χ1v) is 6.59. The molecule has 90 valence electrons. The van der Waals surface area contributed by atoms with Crippen LogP contribution < -0.4 is 0 Å². The number of hydrogen-bond acceptors (Lipinski definition) is 2. The summed E-state index contributed by atoms with van der Waals surface area (Å²) in [7, 11) is 0. The highest BCUT2D eigenvalue weighted by molar-refractivity contribution is 5.65. The first-order chi connectivity index (χ1) is 7.69. The summed E-state index contributed by atoms with van der Waals surface area (Å²) in [6.45, 7) is 4.57. The van der Waals surface area contributed by atoms with Gasteiger partial charge in [-0.25, -0.2) is 0 Å². The van der Waals surface area contributed by atoms with Crippen molar-refractivity contribution in [3.8, 4) is 0 Å². The highest BCUT2D eigenvalue weighted by Gasteiger charge is 2.45. The maximum atomic E-state index is 11.3. The fraction of sp³-hybridized carbons (Fsp3) is 0.857. The van der Waals surface area contributed by atoms with Gasteiger partial charge >= 0.3 is 0 Å². The molecule has 0 N–H and O–H groups in total. The van der Waals surface area contributed by atoms with Crippen LogP contribution in [0.15, 0.2) is 0 Å². The van der Waals surface area contributed by atoms with E-state index >= 15 is 0 Å². The summed E-state index contributed by atoms with van der Waals surface area (Å²) >= 11 is 0. The number of rotatable bonds is 2. The molecule has 2 saturated carbocycles. The van der Waals surface area contributed by atoms with Gasteiger partial charge in [-0.05, 0) is 36.5 Å². The molecule has 16 heavy (non-hydrogen) atoms. The number of carbonyl (C=O) groups excluding carboxylic acids is 2. The van der Waals surface area contributed by atoms with Gasteiger partial charge < -0.3 is 9.59 Å². The van der Waals surface area contributed by atoms with Gasteiger partial charge in [0.05, 0.1) is 0 Å². The second-order valence-corrected chi connectivity index (χ2v) is 5.86. The van der Waals surface area contributed by atoms with Crippen LogP contribution in [0.2, 0.25) is 0 Å². The molecule has 0 saturated heterocycles. The Morgan fingerprint density at radius 1 is 0.875 bits per heavy atom. The summed E-state index contributed by atoms with van der Waals surface area (Å²) in [5.74, 6) is 2.47. The van der Waals surface area contributed by atoms with E-state index in [0.717, 1.165) is 31.3 Å². The maximum absolute atomic E-state index is 11.3. The molecule has 0 aromatic rings. The molecule has 0 aromatic heterocycles. The summed E-state index contributed by atoms with van der Waals surface area (Å²) in [5, 5.41) is 0. The van der Waals surface area contributed by atoms with E-state index in [1.165, 1.54) is 12.8 Å². The van der Waals surface area contributed by atoms with Crippen LogP contribution in [0.3, 0.4) is 0 Å². The topological polar surface area (TPSA) is 34.1 Å². The SMILES string of the molecule is CC1CCC(C)C2C(C=O)C(C=O)CCC12. The van der Waals surface area contributed by atoms with Crippen molar-refractivity contribution in [3.63, 3.8) is 0 Å². The molecule has 0 spiro atoms. The van der Waals surface area contributed by atoms with Crippen molar-refractivity contribution in [1.29, 1.82) is 0 Å². The fourth-order valence-corrected chi connectivity index (χ4v) is 4.09. The van der Waals surface area contributed by atoms with Crippen LogP contribution in [0, 0.1) is 35.5 Å². The first kappa shape index (κ1) is 11.8. The molecule has 2 aliphatic rings. The van der Waals surface area contributed by atoms with E-state index in [-0.39, 0.29) is 11.8 Å². The molecule has 0 heterocycles. The van der Waals surface area contributed by atoms with Gasteiger partial charge in [0.2, 0.25) is 0 Å². The summed E-state index contributed by atoms with van der Waals surface area (Å²) in [4.78, 5) is 22.3. The van der Waals surface area contributed by atoms with Gasteiger partial charge in [0.1, 0.15) is 12.6 Å². The van der Waals surface area contributed by atoms with E-state index in [1.807, 2.05) is 0 Å². The van der Waals surface area contributed by atoms with Crippen molar-refractivity contribution in [2.24, 2.45) is 35.5 Å². The summed E-state index contributed by atoms with van der Waals surface area (Å²) < 4.78 is 0. The average molecular weight is 222 g/mol. The smallest absolute Gasteiger partial charge is 0.124 e. The zero-order valence-corrected chi connectivity index (χ0v) is 10.3. The summed E-state index contributed by atoms with van der Waals surface area (Å²) in [6.07, 6.45) is 6.65. The largest absolute Gasteiger partial charge is 0.303 e. The van der Waals surface area contributed by atoms with Crippen molar-refractivity contribution < 1.29 is 9.59 Å². The molecule has 2 rings (SSSR count). The molecule has 2 heteroatoms.